The Kier molecular flexibility index (Phi) is 3.88. The van der Waals surface area contributed by atoms with Crippen LogP contribution in [0.1, 0.15) is 22.4 Å². The van der Waals surface area contributed by atoms with Gasteiger partial charge in [-0.25, -0.2) is 13.6 Å². The van der Waals surface area contributed by atoms with Crippen molar-refractivity contribution < 1.29 is 13.6 Å². The molecule has 21 heavy (non-hydrogen) atoms. The fourth-order valence-corrected chi connectivity index (χ4v) is 3.27. The topological polar surface area (TPSA) is 32.3 Å². The maximum Gasteiger partial charge on any atom is 0.322 e. The zero-order valence-corrected chi connectivity index (χ0v) is 12.0. The van der Waals surface area contributed by atoms with Crippen LogP contribution in [0.25, 0.3) is 0 Å². The summed E-state index contributed by atoms with van der Waals surface area (Å²) in [5.74, 6) is 0. The molecule has 6 heteroatoms. The maximum absolute atomic E-state index is 12.6. The van der Waals surface area contributed by atoms with E-state index in [4.69, 9.17) is 0 Å². The average Bonchev–Trinajstić information content (AvgIpc) is 2.94. The number of alkyl halides is 2. The Bertz CT molecular complexity index is 657. The van der Waals surface area contributed by atoms with Crippen LogP contribution in [0, 0.1) is 0 Å². The van der Waals surface area contributed by atoms with Crippen molar-refractivity contribution in [1.29, 1.82) is 0 Å². The fourth-order valence-electron chi connectivity index (χ4n) is 2.38. The second kappa shape index (κ2) is 5.81. The number of nitrogens with one attached hydrogen (secondary N) is 1. The Hall–Kier alpha value is -1.95. The molecule has 2 amide bonds. The Morgan fingerprint density at radius 2 is 2.19 bits per heavy atom. The van der Waals surface area contributed by atoms with Crippen molar-refractivity contribution in [3.05, 3.63) is 51.7 Å². The lowest BCUT2D eigenvalue weighted by Crippen LogP contribution is -2.38. The van der Waals surface area contributed by atoms with Crippen LogP contribution in [-0.4, -0.2) is 17.5 Å². The van der Waals surface area contributed by atoms with E-state index < -0.39 is 6.43 Å². The number of urea groups is 1. The van der Waals surface area contributed by atoms with E-state index >= 15 is 0 Å². The molecule has 0 saturated heterocycles. The van der Waals surface area contributed by atoms with E-state index in [-0.39, 0.29) is 11.6 Å². The maximum atomic E-state index is 12.6. The van der Waals surface area contributed by atoms with Gasteiger partial charge in [-0.05, 0) is 35.6 Å². The largest absolute Gasteiger partial charge is 0.322 e. The van der Waals surface area contributed by atoms with Crippen LogP contribution in [0.4, 0.5) is 19.3 Å². The predicted octanol–water partition coefficient (Wildman–Crippen LogP) is 4.28. The lowest BCUT2D eigenvalue weighted by molar-refractivity contribution is 0.151. The average molecular weight is 308 g/mol. The molecule has 1 aliphatic heterocycles. The molecule has 0 aliphatic carbocycles. The monoisotopic (exact) mass is 308 g/mol. The zero-order chi connectivity index (χ0) is 14.8. The first-order chi connectivity index (χ1) is 10.1. The number of thiophene rings is 1. The van der Waals surface area contributed by atoms with Crippen molar-refractivity contribution in [2.75, 3.05) is 11.9 Å². The van der Waals surface area contributed by atoms with Gasteiger partial charge in [0.2, 0.25) is 0 Å². The highest BCUT2D eigenvalue weighted by atomic mass is 32.1. The lowest BCUT2D eigenvalue weighted by Gasteiger charge is -2.27. The number of halogens is 2. The van der Waals surface area contributed by atoms with E-state index in [1.807, 2.05) is 11.4 Å². The summed E-state index contributed by atoms with van der Waals surface area (Å²) in [4.78, 5) is 15.2. The van der Waals surface area contributed by atoms with E-state index in [1.54, 1.807) is 22.3 Å². The Morgan fingerprint density at radius 3 is 3.00 bits per heavy atom. The number of fused-ring (bicyclic) bond motifs is 1. The van der Waals surface area contributed by atoms with Crippen LogP contribution in [0.5, 0.6) is 0 Å². The molecule has 3 nitrogen and oxygen atoms in total. The van der Waals surface area contributed by atoms with Gasteiger partial charge in [0.15, 0.2) is 0 Å². The number of benzene rings is 1. The first-order valence-electron chi connectivity index (χ1n) is 6.63. The first kappa shape index (κ1) is 14.0. The summed E-state index contributed by atoms with van der Waals surface area (Å²) < 4.78 is 25.3. The molecule has 3 rings (SSSR count). The molecule has 0 atom stereocenters. The summed E-state index contributed by atoms with van der Waals surface area (Å²) in [6, 6.07) is 7.56. The minimum absolute atomic E-state index is 0.0911. The molecule has 0 radical (unpaired) electrons. The third kappa shape index (κ3) is 3.05. The minimum Gasteiger partial charge on any atom is -0.320 e. The van der Waals surface area contributed by atoms with Crippen LogP contribution >= 0.6 is 11.3 Å². The third-order valence-electron chi connectivity index (χ3n) is 3.48. The molecule has 0 unspecified atom stereocenters. The van der Waals surface area contributed by atoms with Crippen LogP contribution < -0.4 is 5.32 Å². The highest BCUT2D eigenvalue weighted by molar-refractivity contribution is 7.10. The molecular formula is C15H14F2N2OS. The van der Waals surface area contributed by atoms with Gasteiger partial charge in [-0.2, -0.15) is 0 Å². The van der Waals surface area contributed by atoms with Crippen molar-refractivity contribution in [3.8, 4) is 0 Å². The van der Waals surface area contributed by atoms with Gasteiger partial charge in [0.1, 0.15) is 0 Å². The van der Waals surface area contributed by atoms with Crippen molar-refractivity contribution in [1.82, 2.24) is 4.90 Å². The van der Waals surface area contributed by atoms with Gasteiger partial charge < -0.3 is 10.2 Å². The number of nitrogens with zero attached hydrogens (tertiary/aromatic N) is 1. The number of carbonyl (C=O) groups excluding carboxylic acids is 1. The summed E-state index contributed by atoms with van der Waals surface area (Å²) in [6.45, 7) is 1.22. The van der Waals surface area contributed by atoms with Gasteiger partial charge in [0, 0.05) is 29.2 Å². The summed E-state index contributed by atoms with van der Waals surface area (Å²) in [7, 11) is 0. The predicted molar refractivity (Wildman–Crippen MR) is 78.9 cm³/mol. The molecule has 2 heterocycles. The van der Waals surface area contributed by atoms with E-state index in [0.29, 0.717) is 18.8 Å². The summed E-state index contributed by atoms with van der Waals surface area (Å²) in [5.41, 5.74) is 1.48. The van der Waals surface area contributed by atoms with Crippen LogP contribution in [-0.2, 0) is 13.0 Å². The third-order valence-corrected chi connectivity index (χ3v) is 4.51. The quantitative estimate of drug-likeness (QED) is 0.882. The zero-order valence-electron chi connectivity index (χ0n) is 11.2. The second-order valence-electron chi connectivity index (χ2n) is 4.90. The normalized spacial score (nSPS) is 14.1. The summed E-state index contributed by atoms with van der Waals surface area (Å²) in [6.07, 6.45) is -1.69. The van der Waals surface area contributed by atoms with Crippen LogP contribution in [0.15, 0.2) is 35.7 Å². The highest BCUT2D eigenvalue weighted by Crippen LogP contribution is 2.25. The molecule has 0 spiro atoms. The van der Waals surface area contributed by atoms with Crippen molar-refractivity contribution in [2.24, 2.45) is 0 Å². The molecule has 1 aliphatic rings. The smallest absolute Gasteiger partial charge is 0.320 e. The Balaban J connectivity index is 1.68. The van der Waals surface area contributed by atoms with E-state index in [1.165, 1.54) is 28.6 Å². The standard InChI is InChI=1S/C15H14F2N2OS/c16-14(17)10-2-1-3-12(8-10)18-15(20)19-6-4-13-11(9-19)5-7-21-13/h1-3,5,7-8,14H,4,6,9H2,(H,18,20). The fraction of sp³-hybridized carbons (Fsp3) is 0.267. The Morgan fingerprint density at radius 1 is 1.33 bits per heavy atom. The molecule has 1 N–H and O–H groups in total. The van der Waals surface area contributed by atoms with Gasteiger partial charge in [-0.15, -0.1) is 11.3 Å². The highest BCUT2D eigenvalue weighted by Gasteiger charge is 2.21. The number of anilines is 1. The van der Waals surface area contributed by atoms with E-state index in [0.717, 1.165) is 6.42 Å². The van der Waals surface area contributed by atoms with E-state index in [9.17, 15) is 13.6 Å². The molecule has 1 aromatic carbocycles. The van der Waals surface area contributed by atoms with Gasteiger partial charge in [0.25, 0.3) is 6.43 Å². The van der Waals surface area contributed by atoms with Crippen molar-refractivity contribution in [3.63, 3.8) is 0 Å². The number of amides is 2. The number of carbonyl (C=O) groups is 1. The van der Waals surface area contributed by atoms with Gasteiger partial charge in [-0.1, -0.05) is 12.1 Å². The van der Waals surface area contributed by atoms with Gasteiger partial charge in [-0.3, -0.25) is 0 Å². The molecule has 1 aromatic heterocycles. The molecule has 2 aromatic rings. The van der Waals surface area contributed by atoms with Crippen LogP contribution in [0.2, 0.25) is 0 Å². The molecule has 0 saturated carbocycles. The van der Waals surface area contributed by atoms with Crippen LogP contribution in [0.3, 0.4) is 0 Å². The van der Waals surface area contributed by atoms with Gasteiger partial charge >= 0.3 is 6.03 Å². The van der Waals surface area contributed by atoms with E-state index in [2.05, 4.69) is 5.32 Å². The minimum atomic E-state index is -2.54. The number of hydrogen-bond acceptors (Lipinski definition) is 2. The number of rotatable bonds is 2. The first-order valence-corrected chi connectivity index (χ1v) is 7.51. The van der Waals surface area contributed by atoms with Crippen molar-refractivity contribution in [2.45, 2.75) is 19.4 Å². The molecular weight excluding hydrogens is 294 g/mol. The van der Waals surface area contributed by atoms with Gasteiger partial charge in [0.05, 0.1) is 0 Å². The molecule has 0 bridgehead atoms. The second-order valence-corrected chi connectivity index (χ2v) is 5.90. The lowest BCUT2D eigenvalue weighted by atomic mass is 10.1. The summed E-state index contributed by atoms with van der Waals surface area (Å²) in [5, 5.41) is 4.71. The Labute approximate surface area is 125 Å². The molecule has 0 fully saturated rings. The SMILES string of the molecule is O=C(Nc1cccc(C(F)F)c1)N1CCc2sccc2C1. The molecule has 110 valence electrons. The number of hydrogen-bond donors (Lipinski definition) is 1. The van der Waals surface area contributed by atoms with Crippen molar-refractivity contribution >= 4 is 23.1 Å². The summed E-state index contributed by atoms with van der Waals surface area (Å²) >= 11 is 1.71.